The van der Waals surface area contributed by atoms with E-state index in [1.807, 2.05) is 20.8 Å². The van der Waals surface area contributed by atoms with Crippen molar-refractivity contribution in [3.63, 3.8) is 0 Å². The summed E-state index contributed by atoms with van der Waals surface area (Å²) in [6.45, 7) is 3.98. The lowest BCUT2D eigenvalue weighted by Crippen LogP contribution is -2.69. The SMILES string of the molecule is CCC(=O)O[C@]1(C(=O)COCNC(=O)CNC(=O)CNC(=O)[C@H](CCC(=O)O)NC(=O)CNC(=O)CCN2C(=O)C=CC2=O)[C@@H](C)CC2[C@@H]3CCC4=CC(=O)C=C[C@]4(C)[C@@]3(Cl)[C@@H](O)C[C@@]21C. The molecule has 360 valence electrons. The number of aliphatic carboxylic acids is 1. The number of allylic oxidation sites excluding steroid dienone is 4. The van der Waals surface area contributed by atoms with Gasteiger partial charge in [0.05, 0.1) is 30.6 Å². The zero-order valence-corrected chi connectivity index (χ0v) is 38.0. The van der Waals surface area contributed by atoms with Crippen molar-refractivity contribution >= 4 is 76.5 Å². The normalized spacial score (nSPS) is 29.9. The topological polar surface area (TPSA) is 310 Å². The Labute approximate surface area is 385 Å². The van der Waals surface area contributed by atoms with Gasteiger partial charge in [-0.25, -0.2) is 0 Å². The third-order valence-corrected chi connectivity index (χ3v) is 14.8. The van der Waals surface area contributed by atoms with Gasteiger partial charge < -0.3 is 46.3 Å². The molecular formula is C44H57ClN6O15. The Balaban J connectivity index is 1.09. The van der Waals surface area contributed by atoms with Crippen LogP contribution >= 0.6 is 11.6 Å². The van der Waals surface area contributed by atoms with Crippen LogP contribution in [-0.2, 0) is 62.2 Å². The maximum Gasteiger partial charge on any atom is 0.306 e. The predicted octanol–water partition coefficient (Wildman–Crippen LogP) is -0.763. The summed E-state index contributed by atoms with van der Waals surface area (Å²) < 4.78 is 11.7. The Bertz CT molecular complexity index is 2130. The Kier molecular flexibility index (Phi) is 16.1. The first-order valence-electron chi connectivity index (χ1n) is 21.8. The van der Waals surface area contributed by atoms with Crippen LogP contribution in [-0.4, -0.2) is 142 Å². The number of carboxylic acids is 1. The van der Waals surface area contributed by atoms with Gasteiger partial charge in [0.25, 0.3) is 11.8 Å². The maximum absolute atomic E-state index is 14.4. The van der Waals surface area contributed by atoms with Crippen molar-refractivity contribution < 1.29 is 72.4 Å². The molecule has 0 saturated heterocycles. The second-order valence-electron chi connectivity index (χ2n) is 17.7. The number of carboxylic acid groups (broad SMARTS) is 1. The Hall–Kier alpha value is -5.80. The predicted molar refractivity (Wildman–Crippen MR) is 229 cm³/mol. The fourth-order valence-corrected chi connectivity index (χ4v) is 11.1. The lowest BCUT2D eigenvalue weighted by molar-refractivity contribution is -0.203. The van der Waals surface area contributed by atoms with Crippen LogP contribution in [0.5, 0.6) is 0 Å². The number of rotatable bonds is 21. The van der Waals surface area contributed by atoms with Crippen LogP contribution in [0.15, 0.2) is 36.0 Å². The van der Waals surface area contributed by atoms with Crippen LogP contribution in [0.3, 0.4) is 0 Å². The van der Waals surface area contributed by atoms with Gasteiger partial charge in [0.15, 0.2) is 11.4 Å². The van der Waals surface area contributed by atoms with E-state index in [0.29, 0.717) is 19.3 Å². The van der Waals surface area contributed by atoms with Crippen molar-refractivity contribution in [2.24, 2.45) is 28.6 Å². The monoisotopic (exact) mass is 944 g/mol. The van der Waals surface area contributed by atoms with Crippen LogP contribution in [0.25, 0.3) is 0 Å². The first-order valence-corrected chi connectivity index (χ1v) is 22.2. The minimum atomic E-state index is -1.72. The van der Waals surface area contributed by atoms with Gasteiger partial charge in [-0.2, -0.15) is 0 Å². The number of nitrogens with zero attached hydrogens (tertiary/aromatic N) is 1. The molecular weight excluding hydrogens is 888 g/mol. The molecule has 22 heteroatoms. The minimum Gasteiger partial charge on any atom is -0.481 e. The standard InChI is InChI=1S/C44H57ClN6O15/c1-5-39(63)66-44(24(2)16-28-27-7-6-25-17-26(52)12-14-41(25,3)43(27,45)30(53)18-42(28,44)4)31(54)22-65-23-49-34(57)19-47-33(56)20-48-40(64)29(8-11-38(61)62)50-35(58)21-46-32(55)13-15-51-36(59)9-10-37(51)60/h9-10,12,14,17,24,27-30,53H,5-8,11,13,15-16,18-23H2,1-4H3,(H,46,55)(H,47,56)(H,48,64)(H,49,57)(H,50,58)(H,61,62)/t24-,27-,28?,29-,30-,41-,42-,43-,44-/m0/s1. The molecule has 1 unspecified atom stereocenters. The van der Waals surface area contributed by atoms with Crippen molar-refractivity contribution in [3.8, 4) is 0 Å². The number of ketones is 2. The molecule has 5 aliphatic rings. The lowest BCUT2D eigenvalue weighted by atomic mass is 9.45. The van der Waals surface area contributed by atoms with Gasteiger partial charge >= 0.3 is 11.9 Å². The van der Waals surface area contributed by atoms with Crippen LogP contribution in [0, 0.1) is 28.6 Å². The third-order valence-electron chi connectivity index (χ3n) is 13.8. The summed E-state index contributed by atoms with van der Waals surface area (Å²) in [5.41, 5.74) is -2.79. The molecule has 3 fully saturated rings. The fourth-order valence-electron chi connectivity index (χ4n) is 10.5. The maximum atomic E-state index is 14.4. The van der Waals surface area contributed by atoms with Crippen molar-refractivity contribution in [2.75, 3.05) is 39.5 Å². The molecule has 0 aromatic heterocycles. The summed E-state index contributed by atoms with van der Waals surface area (Å²) >= 11 is 7.56. The molecule has 0 aromatic carbocycles. The molecule has 1 aliphatic heterocycles. The van der Waals surface area contributed by atoms with E-state index in [9.17, 15) is 57.8 Å². The number of amides is 7. The van der Waals surface area contributed by atoms with E-state index >= 15 is 0 Å². The van der Waals surface area contributed by atoms with Crippen molar-refractivity contribution in [2.45, 2.75) is 102 Å². The Morgan fingerprint density at radius 2 is 1.52 bits per heavy atom. The summed E-state index contributed by atoms with van der Waals surface area (Å²) in [4.78, 5) is 137. The van der Waals surface area contributed by atoms with E-state index in [2.05, 4.69) is 26.6 Å². The van der Waals surface area contributed by atoms with Crippen LogP contribution < -0.4 is 26.6 Å². The smallest absolute Gasteiger partial charge is 0.306 e. The molecule has 66 heavy (non-hydrogen) atoms. The van der Waals surface area contributed by atoms with E-state index in [4.69, 9.17) is 26.2 Å². The molecule has 7 N–H and O–H groups in total. The number of ether oxygens (including phenoxy) is 2. The van der Waals surface area contributed by atoms with Gasteiger partial charge in [-0.05, 0) is 56.1 Å². The number of aliphatic hydroxyl groups is 1. The highest BCUT2D eigenvalue weighted by Crippen LogP contribution is 2.72. The molecule has 0 spiro atoms. The number of carbonyl (C=O) groups excluding carboxylic acids is 10. The first-order chi connectivity index (χ1) is 31.0. The second kappa shape index (κ2) is 20.8. The molecule has 0 bridgehead atoms. The number of carbonyl (C=O) groups is 11. The molecule has 5 rings (SSSR count). The van der Waals surface area contributed by atoms with E-state index in [-0.39, 0.29) is 49.8 Å². The number of alkyl halides is 1. The first kappa shape index (κ1) is 51.2. The second-order valence-corrected chi connectivity index (χ2v) is 18.3. The zero-order chi connectivity index (χ0) is 48.8. The molecule has 0 aromatic rings. The number of hydrogen-bond acceptors (Lipinski definition) is 14. The quantitative estimate of drug-likeness (QED) is 0.0245. The summed E-state index contributed by atoms with van der Waals surface area (Å²) in [5.74, 6) is -8.97. The number of fused-ring (bicyclic) bond motifs is 5. The summed E-state index contributed by atoms with van der Waals surface area (Å²) in [5, 5.41) is 32.6. The van der Waals surface area contributed by atoms with Gasteiger partial charge in [-0.3, -0.25) is 57.6 Å². The number of nitrogens with one attached hydrogen (secondary N) is 5. The Morgan fingerprint density at radius 3 is 2.18 bits per heavy atom. The van der Waals surface area contributed by atoms with Crippen LogP contribution in [0.2, 0.25) is 0 Å². The average molecular weight is 945 g/mol. The van der Waals surface area contributed by atoms with Gasteiger partial charge in [0.1, 0.15) is 19.4 Å². The number of Topliss-reactive ketones (excluding diaryl/α,β-unsaturated/α-hetero) is 1. The molecule has 9 atom stereocenters. The minimum absolute atomic E-state index is 0.0122. The van der Waals surface area contributed by atoms with Crippen molar-refractivity contribution in [1.29, 1.82) is 0 Å². The average Bonchev–Trinajstić information content (AvgIpc) is 3.70. The fraction of sp³-hybridized carbons (Fsp3) is 0.614. The third kappa shape index (κ3) is 10.3. The van der Waals surface area contributed by atoms with Crippen LogP contribution in [0.4, 0.5) is 0 Å². The van der Waals surface area contributed by atoms with E-state index in [1.54, 1.807) is 19.1 Å². The number of halogens is 1. The van der Waals surface area contributed by atoms with E-state index in [0.717, 1.165) is 22.6 Å². The van der Waals surface area contributed by atoms with Crippen LogP contribution in [0.1, 0.15) is 79.1 Å². The molecule has 1 heterocycles. The van der Waals surface area contributed by atoms with E-state index < -0.39 is 138 Å². The summed E-state index contributed by atoms with van der Waals surface area (Å²) in [6, 6.07) is -1.43. The van der Waals surface area contributed by atoms with E-state index in [1.165, 1.54) is 6.08 Å². The number of esters is 1. The zero-order valence-electron chi connectivity index (χ0n) is 37.2. The molecule has 4 aliphatic carbocycles. The molecule has 21 nitrogen and oxygen atoms in total. The van der Waals surface area contributed by atoms with Crippen molar-refractivity contribution in [1.82, 2.24) is 31.5 Å². The number of hydrogen-bond donors (Lipinski definition) is 7. The highest BCUT2D eigenvalue weighted by atomic mass is 35.5. The van der Waals surface area contributed by atoms with Crippen molar-refractivity contribution in [3.05, 3.63) is 36.0 Å². The highest BCUT2D eigenvalue weighted by Gasteiger charge is 2.76. The van der Waals surface area contributed by atoms with Gasteiger partial charge in [0.2, 0.25) is 35.3 Å². The largest absolute Gasteiger partial charge is 0.481 e. The molecule has 7 amide bonds. The lowest BCUT2D eigenvalue weighted by Gasteiger charge is -2.64. The van der Waals surface area contributed by atoms with Gasteiger partial charge in [-0.15, -0.1) is 11.6 Å². The summed E-state index contributed by atoms with van der Waals surface area (Å²) in [7, 11) is 0. The highest BCUT2D eigenvalue weighted by molar-refractivity contribution is 6.26. The molecule has 0 radical (unpaired) electrons. The Morgan fingerprint density at radius 1 is 0.879 bits per heavy atom. The number of imide groups is 1. The number of aliphatic hydroxyl groups excluding tert-OH is 1. The molecule has 3 saturated carbocycles. The van der Waals surface area contributed by atoms with Gasteiger partial charge in [-0.1, -0.05) is 39.3 Å². The van der Waals surface area contributed by atoms with Gasteiger partial charge in [0, 0.05) is 54.7 Å². The summed E-state index contributed by atoms with van der Waals surface area (Å²) in [6.07, 6.45) is 6.07.